The molecule has 3 rings (SSSR count). The largest absolute Gasteiger partial charge is 0.350 e. The molecule has 25 heavy (non-hydrogen) atoms. The van der Waals surface area contributed by atoms with Crippen LogP contribution in [0.25, 0.3) is 0 Å². The van der Waals surface area contributed by atoms with E-state index in [2.05, 4.69) is 15.4 Å². The van der Waals surface area contributed by atoms with E-state index in [1.54, 1.807) is 6.20 Å². The maximum absolute atomic E-state index is 12.1. The summed E-state index contributed by atoms with van der Waals surface area (Å²) < 4.78 is 1.92. The highest BCUT2D eigenvalue weighted by atomic mass is 16.2. The highest BCUT2D eigenvalue weighted by molar-refractivity contribution is 5.78. The Morgan fingerprint density at radius 2 is 2.08 bits per heavy atom. The molecule has 0 atom stereocenters. The van der Waals surface area contributed by atoms with Gasteiger partial charge in [0.1, 0.15) is 0 Å². The van der Waals surface area contributed by atoms with Crippen LogP contribution in [0.5, 0.6) is 0 Å². The zero-order valence-electron chi connectivity index (χ0n) is 14.6. The van der Waals surface area contributed by atoms with Crippen molar-refractivity contribution in [3.63, 3.8) is 0 Å². The fraction of sp³-hybridized carbons (Fsp3) is 0.444. The molecule has 1 aliphatic rings. The highest BCUT2D eigenvalue weighted by Gasteiger charge is 2.23. The van der Waals surface area contributed by atoms with Gasteiger partial charge in [-0.1, -0.05) is 19.9 Å². The van der Waals surface area contributed by atoms with Crippen molar-refractivity contribution in [2.24, 2.45) is 5.92 Å². The first-order chi connectivity index (χ1) is 12.0. The SMILES string of the molecule is CC(C)C(=O)N1CCn2nc(CNC(=O)Cc3ccccn3)cc2C1. The Kier molecular flexibility index (Phi) is 5.11. The van der Waals surface area contributed by atoms with Crippen LogP contribution in [0, 0.1) is 5.92 Å². The quantitative estimate of drug-likeness (QED) is 0.884. The zero-order chi connectivity index (χ0) is 17.8. The van der Waals surface area contributed by atoms with Crippen LogP contribution in [0.1, 0.15) is 30.9 Å². The Labute approximate surface area is 147 Å². The molecule has 2 aromatic heterocycles. The van der Waals surface area contributed by atoms with Gasteiger partial charge in [0.2, 0.25) is 11.8 Å². The third-order valence-electron chi connectivity index (χ3n) is 4.19. The minimum absolute atomic E-state index is 0.000161. The minimum atomic E-state index is -0.0821. The van der Waals surface area contributed by atoms with Crippen molar-refractivity contribution in [2.45, 2.75) is 39.9 Å². The molecule has 2 aromatic rings. The summed E-state index contributed by atoms with van der Waals surface area (Å²) in [4.78, 5) is 30.2. The molecule has 0 aliphatic carbocycles. The van der Waals surface area contributed by atoms with Gasteiger partial charge in [-0.15, -0.1) is 0 Å². The molecular weight excluding hydrogens is 318 g/mol. The van der Waals surface area contributed by atoms with Crippen molar-refractivity contribution in [2.75, 3.05) is 6.54 Å². The molecule has 0 fully saturated rings. The first kappa shape index (κ1) is 17.1. The molecular formula is C18H23N5O2. The number of carbonyl (C=O) groups is 2. The van der Waals surface area contributed by atoms with Gasteiger partial charge in [0.15, 0.2) is 0 Å². The number of hydrogen-bond donors (Lipinski definition) is 1. The Balaban J connectivity index is 1.55. The van der Waals surface area contributed by atoms with Gasteiger partial charge in [-0.25, -0.2) is 0 Å². The Morgan fingerprint density at radius 1 is 1.24 bits per heavy atom. The Hall–Kier alpha value is -2.70. The van der Waals surface area contributed by atoms with Gasteiger partial charge < -0.3 is 10.2 Å². The summed E-state index contributed by atoms with van der Waals surface area (Å²) >= 11 is 0. The molecule has 1 aliphatic heterocycles. The number of nitrogens with one attached hydrogen (secondary N) is 1. The molecule has 132 valence electrons. The van der Waals surface area contributed by atoms with Crippen LogP contribution in [-0.4, -0.2) is 38.0 Å². The van der Waals surface area contributed by atoms with Gasteiger partial charge in [0.25, 0.3) is 0 Å². The van der Waals surface area contributed by atoms with Crippen LogP contribution in [0.4, 0.5) is 0 Å². The van der Waals surface area contributed by atoms with E-state index in [1.165, 1.54) is 0 Å². The van der Waals surface area contributed by atoms with Gasteiger partial charge in [0.05, 0.1) is 37.4 Å². The van der Waals surface area contributed by atoms with Gasteiger partial charge in [-0.2, -0.15) is 5.10 Å². The second kappa shape index (κ2) is 7.46. The number of rotatable bonds is 5. The molecule has 0 unspecified atom stereocenters. The van der Waals surface area contributed by atoms with E-state index in [9.17, 15) is 9.59 Å². The molecule has 0 saturated carbocycles. The van der Waals surface area contributed by atoms with Gasteiger partial charge in [-0.05, 0) is 18.2 Å². The van der Waals surface area contributed by atoms with E-state index in [0.717, 1.165) is 17.1 Å². The molecule has 0 saturated heterocycles. The number of amides is 2. The Morgan fingerprint density at radius 3 is 2.80 bits per heavy atom. The van der Waals surface area contributed by atoms with Crippen molar-refractivity contribution in [3.05, 3.63) is 47.5 Å². The highest BCUT2D eigenvalue weighted by Crippen LogP contribution is 2.16. The minimum Gasteiger partial charge on any atom is -0.350 e. The summed E-state index contributed by atoms with van der Waals surface area (Å²) in [6.45, 7) is 6.15. The number of pyridine rings is 1. The van der Waals surface area contributed by atoms with Gasteiger partial charge in [-0.3, -0.25) is 19.3 Å². The van der Waals surface area contributed by atoms with Crippen LogP contribution in [-0.2, 0) is 35.6 Å². The smallest absolute Gasteiger partial charge is 0.226 e. The molecule has 7 nitrogen and oxygen atoms in total. The van der Waals surface area contributed by atoms with E-state index in [1.807, 2.05) is 47.7 Å². The molecule has 0 bridgehead atoms. The molecule has 3 heterocycles. The van der Waals surface area contributed by atoms with E-state index >= 15 is 0 Å². The van der Waals surface area contributed by atoms with Crippen LogP contribution in [0.2, 0.25) is 0 Å². The number of aromatic nitrogens is 3. The second-order valence-corrected chi connectivity index (χ2v) is 6.54. The molecule has 2 amide bonds. The number of nitrogens with zero attached hydrogens (tertiary/aromatic N) is 4. The second-order valence-electron chi connectivity index (χ2n) is 6.54. The van der Waals surface area contributed by atoms with E-state index < -0.39 is 0 Å². The fourth-order valence-electron chi connectivity index (χ4n) is 2.88. The van der Waals surface area contributed by atoms with Crippen LogP contribution in [0.15, 0.2) is 30.5 Å². The fourth-order valence-corrected chi connectivity index (χ4v) is 2.88. The van der Waals surface area contributed by atoms with Crippen molar-refractivity contribution >= 4 is 11.8 Å². The first-order valence-corrected chi connectivity index (χ1v) is 8.54. The number of hydrogen-bond acceptors (Lipinski definition) is 4. The van der Waals surface area contributed by atoms with E-state index in [0.29, 0.717) is 26.2 Å². The average molecular weight is 341 g/mol. The summed E-state index contributed by atoms with van der Waals surface area (Å²) in [5, 5.41) is 7.39. The third kappa shape index (κ3) is 4.23. The third-order valence-corrected chi connectivity index (χ3v) is 4.19. The summed E-state index contributed by atoms with van der Waals surface area (Å²) in [6.07, 6.45) is 1.93. The lowest BCUT2D eigenvalue weighted by Gasteiger charge is -2.29. The number of carbonyl (C=O) groups excluding carboxylic acids is 2. The van der Waals surface area contributed by atoms with Crippen molar-refractivity contribution in [1.29, 1.82) is 0 Å². The average Bonchev–Trinajstić information content (AvgIpc) is 3.02. The van der Waals surface area contributed by atoms with Crippen LogP contribution < -0.4 is 5.32 Å². The van der Waals surface area contributed by atoms with Crippen LogP contribution >= 0.6 is 0 Å². The van der Waals surface area contributed by atoms with Crippen LogP contribution in [0.3, 0.4) is 0 Å². The molecule has 7 heteroatoms. The van der Waals surface area contributed by atoms with Gasteiger partial charge >= 0.3 is 0 Å². The molecule has 1 N–H and O–H groups in total. The van der Waals surface area contributed by atoms with Gasteiger partial charge in [0, 0.05) is 24.4 Å². The summed E-state index contributed by atoms with van der Waals surface area (Å²) in [7, 11) is 0. The lowest BCUT2D eigenvalue weighted by atomic mass is 10.1. The predicted octanol–water partition coefficient (Wildman–Crippen LogP) is 1.14. The topological polar surface area (TPSA) is 80.1 Å². The summed E-state index contributed by atoms with van der Waals surface area (Å²) in [5.41, 5.74) is 2.56. The van der Waals surface area contributed by atoms with Crippen molar-refractivity contribution in [3.8, 4) is 0 Å². The molecule has 0 radical (unpaired) electrons. The van der Waals surface area contributed by atoms with Crippen molar-refractivity contribution < 1.29 is 9.59 Å². The normalized spacial score (nSPS) is 13.6. The zero-order valence-corrected chi connectivity index (χ0v) is 14.6. The Bertz CT molecular complexity index is 754. The lowest BCUT2D eigenvalue weighted by Crippen LogP contribution is -2.40. The standard InChI is InChI=1S/C18H23N5O2/c1-13(2)18(25)22-7-8-23-16(12-22)9-15(21-23)11-20-17(24)10-14-5-3-4-6-19-14/h3-6,9,13H,7-8,10-12H2,1-2H3,(H,20,24). The van der Waals surface area contributed by atoms with E-state index in [-0.39, 0.29) is 24.2 Å². The monoisotopic (exact) mass is 341 g/mol. The summed E-state index contributed by atoms with van der Waals surface area (Å²) in [5.74, 6) is 0.0822. The number of fused-ring (bicyclic) bond motifs is 1. The lowest BCUT2D eigenvalue weighted by molar-refractivity contribution is -0.136. The van der Waals surface area contributed by atoms with E-state index in [4.69, 9.17) is 0 Å². The molecule has 0 spiro atoms. The predicted molar refractivity (Wildman–Crippen MR) is 92.3 cm³/mol. The van der Waals surface area contributed by atoms with Crippen molar-refractivity contribution in [1.82, 2.24) is 25.0 Å². The first-order valence-electron chi connectivity index (χ1n) is 8.54. The molecule has 0 aromatic carbocycles. The maximum atomic E-state index is 12.1. The maximum Gasteiger partial charge on any atom is 0.226 e. The summed E-state index contributed by atoms with van der Waals surface area (Å²) in [6, 6.07) is 7.48.